The Bertz CT molecular complexity index is 448. The average molecular weight is 245 g/mol. The van der Waals surface area contributed by atoms with E-state index in [1.807, 2.05) is 0 Å². The van der Waals surface area contributed by atoms with Crippen molar-refractivity contribution in [3.63, 3.8) is 0 Å². The van der Waals surface area contributed by atoms with E-state index in [-0.39, 0.29) is 5.91 Å². The summed E-state index contributed by atoms with van der Waals surface area (Å²) in [6.07, 6.45) is 2.71. The van der Waals surface area contributed by atoms with E-state index in [2.05, 4.69) is 34.1 Å². The van der Waals surface area contributed by atoms with E-state index < -0.39 is 0 Å². The van der Waals surface area contributed by atoms with Gasteiger partial charge in [0.25, 0.3) is 0 Å². The van der Waals surface area contributed by atoms with Crippen molar-refractivity contribution >= 4 is 11.6 Å². The number of carbonyl (C=O) groups excluding carboxylic acids is 1. The molecule has 1 atom stereocenters. The van der Waals surface area contributed by atoms with Crippen LogP contribution in [0.15, 0.2) is 18.2 Å². The molecule has 1 aromatic carbocycles. The van der Waals surface area contributed by atoms with Crippen molar-refractivity contribution in [1.82, 2.24) is 10.6 Å². The fraction of sp³-hybridized carbons (Fsp3) is 0.500. The molecule has 0 spiro atoms. The minimum Gasteiger partial charge on any atom is -0.384 e. The summed E-state index contributed by atoms with van der Waals surface area (Å²) < 4.78 is 0. The van der Waals surface area contributed by atoms with E-state index in [1.54, 1.807) is 0 Å². The Kier molecular flexibility index (Phi) is 3.19. The quantitative estimate of drug-likeness (QED) is 0.745. The van der Waals surface area contributed by atoms with E-state index in [9.17, 15) is 4.79 Å². The number of amides is 1. The Morgan fingerprint density at radius 2 is 2.22 bits per heavy atom. The maximum atomic E-state index is 11.1. The second-order valence-corrected chi connectivity index (χ2v) is 5.05. The number of nitrogens with one attached hydrogen (secondary N) is 3. The zero-order chi connectivity index (χ0) is 12.4. The maximum Gasteiger partial charge on any atom is 0.220 e. The van der Waals surface area contributed by atoms with Crippen LogP contribution in [0.2, 0.25) is 0 Å². The molecule has 0 saturated carbocycles. The van der Waals surface area contributed by atoms with Gasteiger partial charge in [0.1, 0.15) is 0 Å². The van der Waals surface area contributed by atoms with E-state index in [0.717, 1.165) is 32.5 Å². The van der Waals surface area contributed by atoms with Crippen molar-refractivity contribution in [2.75, 3.05) is 18.4 Å². The minimum atomic E-state index is 0.176. The molecule has 0 aliphatic carbocycles. The Hall–Kier alpha value is -1.55. The van der Waals surface area contributed by atoms with Crippen molar-refractivity contribution in [3.8, 4) is 0 Å². The molecule has 0 radical (unpaired) electrons. The van der Waals surface area contributed by atoms with Gasteiger partial charge in [-0.1, -0.05) is 18.2 Å². The van der Waals surface area contributed by atoms with Gasteiger partial charge in [-0.3, -0.25) is 4.79 Å². The minimum absolute atomic E-state index is 0.176. The van der Waals surface area contributed by atoms with Gasteiger partial charge in [-0.2, -0.15) is 0 Å². The first-order chi connectivity index (χ1) is 8.83. The SMILES string of the molecule is O=C1CCC(NCc2cccc3c2NCC3)CN1. The fourth-order valence-corrected chi connectivity index (χ4v) is 2.72. The molecule has 0 aromatic heterocycles. The number of hydrogen-bond acceptors (Lipinski definition) is 3. The normalized spacial score (nSPS) is 22.2. The molecule has 1 saturated heterocycles. The molecule has 96 valence electrons. The highest BCUT2D eigenvalue weighted by Gasteiger charge is 2.18. The third-order valence-electron chi connectivity index (χ3n) is 3.78. The maximum absolute atomic E-state index is 11.1. The summed E-state index contributed by atoms with van der Waals surface area (Å²) in [6, 6.07) is 6.90. The van der Waals surface area contributed by atoms with E-state index >= 15 is 0 Å². The van der Waals surface area contributed by atoms with Crippen LogP contribution in [0, 0.1) is 0 Å². The molecule has 1 fully saturated rings. The van der Waals surface area contributed by atoms with Crippen LogP contribution in [-0.4, -0.2) is 25.0 Å². The summed E-state index contributed by atoms with van der Waals surface area (Å²) in [5.41, 5.74) is 4.07. The van der Waals surface area contributed by atoms with Crippen LogP contribution in [0.4, 0.5) is 5.69 Å². The lowest BCUT2D eigenvalue weighted by molar-refractivity contribution is -0.122. The molecule has 1 aromatic rings. The zero-order valence-corrected chi connectivity index (χ0v) is 10.5. The standard InChI is InChI=1S/C14H19N3O/c18-13-5-4-12(9-17-13)16-8-11-3-1-2-10-6-7-15-14(10)11/h1-3,12,15-16H,4-9H2,(H,17,18). The average Bonchev–Trinajstić information content (AvgIpc) is 2.87. The van der Waals surface area contributed by atoms with Crippen molar-refractivity contribution in [1.29, 1.82) is 0 Å². The summed E-state index contributed by atoms with van der Waals surface area (Å²) in [5.74, 6) is 0.176. The molecule has 18 heavy (non-hydrogen) atoms. The van der Waals surface area contributed by atoms with Gasteiger partial charge in [-0.15, -0.1) is 0 Å². The Balaban J connectivity index is 1.60. The molecule has 4 heteroatoms. The number of hydrogen-bond donors (Lipinski definition) is 3. The first-order valence-electron chi connectivity index (χ1n) is 6.67. The Morgan fingerprint density at radius 3 is 3.06 bits per heavy atom. The number of carbonyl (C=O) groups is 1. The summed E-state index contributed by atoms with van der Waals surface area (Å²) in [6.45, 7) is 2.67. The number of piperidine rings is 1. The van der Waals surface area contributed by atoms with Crippen molar-refractivity contribution in [2.45, 2.75) is 31.8 Å². The van der Waals surface area contributed by atoms with Gasteiger partial charge in [0.15, 0.2) is 0 Å². The summed E-state index contributed by atoms with van der Waals surface area (Å²) in [4.78, 5) is 11.1. The summed E-state index contributed by atoms with van der Waals surface area (Å²) >= 11 is 0. The molecule has 2 aliphatic rings. The largest absolute Gasteiger partial charge is 0.384 e. The number of rotatable bonds is 3. The monoisotopic (exact) mass is 245 g/mol. The van der Waals surface area contributed by atoms with E-state index in [4.69, 9.17) is 0 Å². The lowest BCUT2D eigenvalue weighted by Gasteiger charge is -2.24. The Labute approximate surface area is 107 Å². The Morgan fingerprint density at radius 1 is 1.28 bits per heavy atom. The van der Waals surface area contributed by atoms with E-state index in [1.165, 1.54) is 16.8 Å². The van der Waals surface area contributed by atoms with Crippen molar-refractivity contribution in [3.05, 3.63) is 29.3 Å². The molecule has 3 N–H and O–H groups in total. The van der Waals surface area contributed by atoms with Gasteiger partial charge in [0.2, 0.25) is 5.91 Å². The fourth-order valence-electron chi connectivity index (χ4n) is 2.72. The number of para-hydroxylation sites is 1. The topological polar surface area (TPSA) is 53.2 Å². The van der Waals surface area contributed by atoms with Crippen molar-refractivity contribution < 1.29 is 4.79 Å². The smallest absolute Gasteiger partial charge is 0.220 e. The van der Waals surface area contributed by atoms with Gasteiger partial charge in [0, 0.05) is 37.8 Å². The van der Waals surface area contributed by atoms with Crippen LogP contribution < -0.4 is 16.0 Å². The first-order valence-corrected chi connectivity index (χ1v) is 6.67. The predicted molar refractivity (Wildman–Crippen MR) is 71.5 cm³/mol. The molecule has 2 heterocycles. The molecule has 1 unspecified atom stereocenters. The molecule has 3 rings (SSSR count). The van der Waals surface area contributed by atoms with Crippen LogP contribution in [0.25, 0.3) is 0 Å². The number of benzene rings is 1. The predicted octanol–water partition coefficient (Wildman–Crippen LogP) is 1.02. The molecule has 4 nitrogen and oxygen atoms in total. The lowest BCUT2D eigenvalue weighted by Crippen LogP contribution is -2.45. The van der Waals surface area contributed by atoms with Gasteiger partial charge >= 0.3 is 0 Å². The molecule has 1 amide bonds. The third-order valence-corrected chi connectivity index (χ3v) is 3.78. The highest BCUT2D eigenvalue weighted by molar-refractivity contribution is 5.76. The zero-order valence-electron chi connectivity index (χ0n) is 10.5. The van der Waals surface area contributed by atoms with Gasteiger partial charge in [0.05, 0.1) is 0 Å². The first kappa shape index (κ1) is 11.5. The lowest BCUT2D eigenvalue weighted by atomic mass is 10.0. The molecule has 0 bridgehead atoms. The molecule has 2 aliphatic heterocycles. The van der Waals surface area contributed by atoms with Gasteiger partial charge in [-0.25, -0.2) is 0 Å². The molecular formula is C14H19N3O. The third kappa shape index (κ3) is 2.34. The second kappa shape index (κ2) is 4.98. The summed E-state index contributed by atoms with van der Waals surface area (Å²) in [5, 5.41) is 9.89. The van der Waals surface area contributed by atoms with Gasteiger partial charge < -0.3 is 16.0 Å². The van der Waals surface area contributed by atoms with Crippen molar-refractivity contribution in [2.24, 2.45) is 0 Å². The second-order valence-electron chi connectivity index (χ2n) is 5.05. The number of fused-ring (bicyclic) bond motifs is 1. The summed E-state index contributed by atoms with van der Waals surface area (Å²) in [7, 11) is 0. The number of anilines is 1. The van der Waals surface area contributed by atoms with Crippen LogP contribution in [0.5, 0.6) is 0 Å². The van der Waals surface area contributed by atoms with Crippen LogP contribution in [-0.2, 0) is 17.8 Å². The van der Waals surface area contributed by atoms with Gasteiger partial charge in [-0.05, 0) is 24.0 Å². The highest BCUT2D eigenvalue weighted by atomic mass is 16.1. The van der Waals surface area contributed by atoms with Crippen LogP contribution in [0.1, 0.15) is 24.0 Å². The highest BCUT2D eigenvalue weighted by Crippen LogP contribution is 2.26. The van der Waals surface area contributed by atoms with E-state index in [0.29, 0.717) is 12.5 Å². The van der Waals surface area contributed by atoms with Crippen LogP contribution in [0.3, 0.4) is 0 Å². The van der Waals surface area contributed by atoms with Crippen LogP contribution >= 0.6 is 0 Å². The molecular weight excluding hydrogens is 226 g/mol.